The lowest BCUT2D eigenvalue weighted by atomic mass is 9.86. The van der Waals surface area contributed by atoms with Crippen LogP contribution in [0.25, 0.3) is 0 Å². The molecule has 1 aromatic heterocycles. The van der Waals surface area contributed by atoms with E-state index in [1.54, 1.807) is 0 Å². The highest BCUT2D eigenvalue weighted by atomic mass is 127. The third-order valence-corrected chi connectivity index (χ3v) is 6.54. The molecule has 1 saturated heterocycles. The van der Waals surface area contributed by atoms with E-state index in [2.05, 4.69) is 51.7 Å². The van der Waals surface area contributed by atoms with E-state index in [0.29, 0.717) is 11.5 Å². The number of likely N-dealkylation sites (N-methyl/N-ethyl adjacent to an activating group) is 1. The van der Waals surface area contributed by atoms with Crippen molar-refractivity contribution in [2.75, 3.05) is 40.8 Å². The smallest absolute Gasteiger partial charge is 0.193 e. The van der Waals surface area contributed by atoms with E-state index in [-0.39, 0.29) is 24.0 Å². The summed E-state index contributed by atoms with van der Waals surface area (Å²) in [6, 6.07) is 4.76. The molecule has 2 heterocycles. The number of aliphatic imine (C=N–C) groups is 1. The van der Waals surface area contributed by atoms with Crippen LogP contribution in [0.15, 0.2) is 22.5 Å². The zero-order valence-corrected chi connectivity index (χ0v) is 18.3. The third-order valence-electron chi connectivity index (χ3n) is 5.56. The number of likely N-dealkylation sites (tertiary alicyclic amines) is 1. The molecule has 2 fully saturated rings. The Bertz CT molecular complexity index is 523. The molecular formula is C18H31IN4S. The van der Waals surface area contributed by atoms with Crippen molar-refractivity contribution in [1.82, 2.24) is 15.1 Å². The molecule has 2 aliphatic rings. The monoisotopic (exact) mass is 462 g/mol. The van der Waals surface area contributed by atoms with Crippen molar-refractivity contribution in [2.24, 2.45) is 10.4 Å². The zero-order valence-electron chi connectivity index (χ0n) is 15.1. The van der Waals surface area contributed by atoms with Gasteiger partial charge in [0.25, 0.3) is 0 Å². The van der Waals surface area contributed by atoms with Crippen LogP contribution in [0.2, 0.25) is 0 Å². The lowest BCUT2D eigenvalue weighted by molar-refractivity contribution is 0.293. The molecule has 1 aromatic rings. The molecular weight excluding hydrogens is 431 g/mol. The van der Waals surface area contributed by atoms with E-state index in [4.69, 9.17) is 0 Å². The summed E-state index contributed by atoms with van der Waals surface area (Å²) in [4.78, 5) is 10.7. The van der Waals surface area contributed by atoms with Crippen molar-refractivity contribution in [3.05, 3.63) is 22.4 Å². The van der Waals surface area contributed by atoms with E-state index in [1.165, 1.54) is 43.5 Å². The molecule has 6 heteroatoms. The molecule has 1 unspecified atom stereocenters. The first-order valence-corrected chi connectivity index (χ1v) is 9.67. The number of halogens is 1. The Labute approximate surface area is 167 Å². The van der Waals surface area contributed by atoms with E-state index < -0.39 is 0 Å². The van der Waals surface area contributed by atoms with Crippen molar-refractivity contribution in [3.63, 3.8) is 0 Å². The molecule has 3 rings (SSSR count). The highest BCUT2D eigenvalue weighted by Gasteiger charge is 2.41. The number of thiophene rings is 1. The molecule has 0 amide bonds. The van der Waals surface area contributed by atoms with Gasteiger partial charge in [0.1, 0.15) is 0 Å². The van der Waals surface area contributed by atoms with Gasteiger partial charge in [0.15, 0.2) is 5.96 Å². The Balaban J connectivity index is 0.00000208. The van der Waals surface area contributed by atoms with Crippen LogP contribution >= 0.6 is 35.3 Å². The Morgan fingerprint density at radius 2 is 2.12 bits per heavy atom. The van der Waals surface area contributed by atoms with Gasteiger partial charge >= 0.3 is 0 Å². The predicted molar refractivity (Wildman–Crippen MR) is 115 cm³/mol. The van der Waals surface area contributed by atoms with Gasteiger partial charge in [-0.1, -0.05) is 18.9 Å². The van der Waals surface area contributed by atoms with Crippen LogP contribution in [-0.4, -0.2) is 56.5 Å². The second-order valence-corrected chi connectivity index (χ2v) is 8.28. The summed E-state index contributed by atoms with van der Waals surface area (Å²) in [5.41, 5.74) is 0.590. The predicted octanol–water partition coefficient (Wildman–Crippen LogP) is 3.81. The molecule has 1 N–H and O–H groups in total. The van der Waals surface area contributed by atoms with Gasteiger partial charge in [0.2, 0.25) is 0 Å². The molecule has 0 bridgehead atoms. The molecule has 4 nitrogen and oxygen atoms in total. The minimum atomic E-state index is 0. The second kappa shape index (κ2) is 8.85. The van der Waals surface area contributed by atoms with Gasteiger partial charge < -0.3 is 15.1 Å². The largest absolute Gasteiger partial charge is 0.354 e. The number of rotatable bonds is 4. The third kappa shape index (κ3) is 4.43. The Morgan fingerprint density at radius 3 is 2.71 bits per heavy atom. The lowest BCUT2D eigenvalue weighted by Gasteiger charge is -2.29. The van der Waals surface area contributed by atoms with Gasteiger partial charge in [-0.05, 0) is 50.2 Å². The van der Waals surface area contributed by atoms with E-state index >= 15 is 0 Å². The number of guanidine groups is 1. The molecule has 0 aromatic carbocycles. The summed E-state index contributed by atoms with van der Waals surface area (Å²) >= 11 is 1.83. The van der Waals surface area contributed by atoms with Crippen LogP contribution in [0.5, 0.6) is 0 Å². The van der Waals surface area contributed by atoms with Crippen LogP contribution < -0.4 is 5.32 Å². The second-order valence-electron chi connectivity index (χ2n) is 7.30. The molecule has 1 aliphatic carbocycles. The SMILES string of the molecule is CN=C(NCC(c1cccs1)N(C)C)N1CCC2(CCCC2)C1.I. The maximum absolute atomic E-state index is 4.55. The maximum atomic E-state index is 4.55. The minimum absolute atomic E-state index is 0. The first kappa shape index (κ1) is 20.0. The Hall–Kier alpha value is -0.340. The average Bonchev–Trinajstić information content (AvgIpc) is 3.27. The minimum Gasteiger partial charge on any atom is -0.354 e. The normalized spacial score (nSPS) is 21.3. The van der Waals surface area contributed by atoms with Gasteiger partial charge in [-0.25, -0.2) is 0 Å². The molecule has 1 atom stereocenters. The molecule has 1 aliphatic heterocycles. The van der Waals surface area contributed by atoms with Gasteiger partial charge in [-0.3, -0.25) is 4.99 Å². The quantitative estimate of drug-likeness (QED) is 0.420. The standard InChI is InChI=1S/C18H30N4S.HI/c1-19-17(22-11-10-18(14-22)8-4-5-9-18)20-13-15(21(2)3)16-7-6-12-23-16;/h6-7,12,15H,4-5,8-11,13-14H2,1-3H3,(H,19,20);1H. The maximum Gasteiger partial charge on any atom is 0.193 e. The highest BCUT2D eigenvalue weighted by molar-refractivity contribution is 14.0. The molecule has 1 saturated carbocycles. The van der Waals surface area contributed by atoms with Crippen LogP contribution in [-0.2, 0) is 0 Å². The van der Waals surface area contributed by atoms with Crippen molar-refractivity contribution in [2.45, 2.75) is 38.1 Å². The number of hydrogen-bond donors (Lipinski definition) is 1. The Morgan fingerprint density at radius 1 is 1.38 bits per heavy atom. The van der Waals surface area contributed by atoms with Crippen molar-refractivity contribution >= 4 is 41.3 Å². The molecule has 1 spiro atoms. The lowest BCUT2D eigenvalue weighted by Crippen LogP contribution is -2.44. The number of nitrogens with one attached hydrogen (secondary N) is 1. The van der Waals surface area contributed by atoms with Crippen molar-refractivity contribution < 1.29 is 0 Å². The summed E-state index contributed by atoms with van der Waals surface area (Å²) in [5, 5.41) is 5.79. The van der Waals surface area contributed by atoms with Crippen LogP contribution in [0, 0.1) is 5.41 Å². The summed E-state index contributed by atoms with van der Waals surface area (Å²) < 4.78 is 0. The molecule has 136 valence electrons. The van der Waals surface area contributed by atoms with Gasteiger partial charge in [-0.2, -0.15) is 0 Å². The van der Waals surface area contributed by atoms with Crippen LogP contribution in [0.3, 0.4) is 0 Å². The van der Waals surface area contributed by atoms with Crippen LogP contribution in [0.4, 0.5) is 0 Å². The van der Waals surface area contributed by atoms with Crippen LogP contribution in [0.1, 0.15) is 43.0 Å². The average molecular weight is 462 g/mol. The van der Waals surface area contributed by atoms with Crippen molar-refractivity contribution in [3.8, 4) is 0 Å². The molecule has 24 heavy (non-hydrogen) atoms. The highest BCUT2D eigenvalue weighted by Crippen LogP contribution is 2.45. The first-order chi connectivity index (χ1) is 11.1. The summed E-state index contributed by atoms with van der Waals surface area (Å²) in [6.45, 7) is 3.26. The summed E-state index contributed by atoms with van der Waals surface area (Å²) in [7, 11) is 6.22. The summed E-state index contributed by atoms with van der Waals surface area (Å²) in [6.07, 6.45) is 7.00. The fourth-order valence-corrected chi connectivity index (χ4v) is 5.11. The van der Waals surface area contributed by atoms with E-state index in [9.17, 15) is 0 Å². The van der Waals surface area contributed by atoms with E-state index in [0.717, 1.165) is 19.0 Å². The Kier molecular flexibility index (Phi) is 7.37. The fourth-order valence-electron chi connectivity index (χ4n) is 4.19. The zero-order chi connectivity index (χ0) is 16.3. The summed E-state index contributed by atoms with van der Waals surface area (Å²) in [5.74, 6) is 1.08. The van der Waals surface area contributed by atoms with E-state index in [1.807, 2.05) is 18.4 Å². The fraction of sp³-hybridized carbons (Fsp3) is 0.722. The van der Waals surface area contributed by atoms with Gasteiger partial charge in [0, 0.05) is 31.6 Å². The van der Waals surface area contributed by atoms with Crippen molar-refractivity contribution in [1.29, 1.82) is 0 Å². The van der Waals surface area contributed by atoms with Gasteiger partial charge in [-0.15, -0.1) is 35.3 Å². The van der Waals surface area contributed by atoms with Gasteiger partial charge in [0.05, 0.1) is 6.04 Å². The number of nitrogens with zero attached hydrogens (tertiary/aromatic N) is 3. The number of hydrogen-bond acceptors (Lipinski definition) is 3. The topological polar surface area (TPSA) is 30.9 Å². The first-order valence-electron chi connectivity index (χ1n) is 8.79. The molecule has 0 radical (unpaired) electrons.